The van der Waals surface area contributed by atoms with Crippen molar-refractivity contribution in [1.82, 2.24) is 15.3 Å². The third kappa shape index (κ3) is 8.70. The molecule has 0 bridgehead atoms. The van der Waals surface area contributed by atoms with E-state index >= 15 is 0 Å². The Morgan fingerprint density at radius 2 is 1.76 bits per heavy atom. The van der Waals surface area contributed by atoms with Crippen LogP contribution in [0.25, 0.3) is 0 Å². The Hall–Kier alpha value is -1.91. The van der Waals surface area contributed by atoms with Gasteiger partial charge in [-0.3, -0.25) is 4.79 Å². The fourth-order valence-corrected chi connectivity index (χ4v) is 4.50. The number of carbonyl (C=O) groups excluding carboxylic acids is 1. The summed E-state index contributed by atoms with van der Waals surface area (Å²) >= 11 is 3.02. The fraction of sp³-hybridized carbons (Fsp3) is 0.458. The third-order valence-electron chi connectivity index (χ3n) is 4.92. The number of benzene rings is 1. The van der Waals surface area contributed by atoms with Gasteiger partial charge in [-0.05, 0) is 25.0 Å². The number of rotatable bonds is 10. The zero-order chi connectivity index (χ0) is 24.1. The van der Waals surface area contributed by atoms with Crippen molar-refractivity contribution < 1.29 is 14.3 Å². The first-order chi connectivity index (χ1) is 15.5. The van der Waals surface area contributed by atoms with Gasteiger partial charge in [0.25, 0.3) is 0 Å². The summed E-state index contributed by atoms with van der Waals surface area (Å²) in [5.74, 6) is 2.06. The maximum Gasteiger partial charge on any atom is 0.230 e. The monoisotopic (exact) mass is 524 g/mol. The van der Waals surface area contributed by atoms with E-state index in [-0.39, 0.29) is 42.3 Å². The molecule has 3 rings (SSSR count). The van der Waals surface area contributed by atoms with Crippen LogP contribution in [0.15, 0.2) is 45.3 Å². The van der Waals surface area contributed by atoms with Crippen molar-refractivity contribution in [2.24, 2.45) is 0 Å². The number of anilines is 1. The minimum Gasteiger partial charge on any atom is -0.444 e. The molecule has 2 heterocycles. The van der Waals surface area contributed by atoms with Gasteiger partial charge in [-0.25, -0.2) is 9.97 Å². The molecule has 1 aromatic carbocycles. The average molecular weight is 525 g/mol. The lowest BCUT2D eigenvalue weighted by Gasteiger charge is -2.23. The number of nitrogens with one attached hydrogen (secondary N) is 2. The number of hydrogen-bond donors (Lipinski definition) is 3. The number of thiazole rings is 1. The number of thioether (sulfide) groups is 1. The topological polar surface area (TPSA) is 100 Å². The summed E-state index contributed by atoms with van der Waals surface area (Å²) in [5.41, 5.74) is 1.64. The van der Waals surface area contributed by atoms with Crippen LogP contribution in [-0.4, -0.2) is 33.1 Å². The summed E-state index contributed by atoms with van der Waals surface area (Å²) in [6.45, 7) is 10.9. The number of carbonyl (C=O) groups is 1. The molecule has 3 aromatic rings. The molecule has 186 valence electrons. The molecule has 0 fully saturated rings. The highest BCUT2D eigenvalue weighted by Crippen LogP contribution is 2.31. The number of oxazole rings is 1. The van der Waals surface area contributed by atoms with Crippen molar-refractivity contribution in [3.63, 3.8) is 0 Å². The Labute approximate surface area is 215 Å². The standard InChI is InChI=1S/C24H32N4O3S2.ClH/c1-23(2,3)18-12-25-20(31-18)14-32-21-13-26-22(33-21)28-19(30)10-16-6-8-17(9-7-16)11-27-24(4,5)15-29;/h6-9,12-13,27,29H,10-11,14-15H2,1-5H3,(H,26,28,30);1H. The molecule has 0 aliphatic heterocycles. The van der Waals surface area contributed by atoms with Crippen molar-refractivity contribution in [1.29, 1.82) is 0 Å². The Balaban J connectivity index is 0.00000408. The van der Waals surface area contributed by atoms with E-state index in [9.17, 15) is 9.90 Å². The van der Waals surface area contributed by atoms with Gasteiger partial charge in [-0.1, -0.05) is 56.4 Å². The van der Waals surface area contributed by atoms with Gasteiger partial charge in [-0.15, -0.1) is 24.2 Å². The second kappa shape index (κ2) is 12.2. The molecular weight excluding hydrogens is 492 g/mol. The minimum absolute atomic E-state index is 0. The van der Waals surface area contributed by atoms with Gasteiger partial charge in [0.2, 0.25) is 11.8 Å². The summed E-state index contributed by atoms with van der Waals surface area (Å²) < 4.78 is 6.81. The second-order valence-electron chi connectivity index (χ2n) is 9.58. The Morgan fingerprint density at radius 1 is 1.09 bits per heavy atom. The largest absolute Gasteiger partial charge is 0.444 e. The van der Waals surface area contributed by atoms with Crippen LogP contribution in [0.5, 0.6) is 0 Å². The summed E-state index contributed by atoms with van der Waals surface area (Å²) in [6, 6.07) is 7.89. The first-order valence-corrected chi connectivity index (χ1v) is 12.6. The lowest BCUT2D eigenvalue weighted by molar-refractivity contribution is -0.115. The molecule has 3 N–H and O–H groups in total. The number of aliphatic hydroxyl groups is 1. The van der Waals surface area contributed by atoms with Crippen LogP contribution in [0, 0.1) is 0 Å². The third-order valence-corrected chi connectivity index (χ3v) is 7.01. The molecule has 7 nitrogen and oxygen atoms in total. The zero-order valence-electron chi connectivity index (χ0n) is 20.2. The molecular formula is C24H33ClN4O3S2. The summed E-state index contributed by atoms with van der Waals surface area (Å²) in [7, 11) is 0. The minimum atomic E-state index is -0.326. The molecule has 0 radical (unpaired) electrons. The van der Waals surface area contributed by atoms with Crippen molar-refractivity contribution in [3.8, 4) is 0 Å². The van der Waals surface area contributed by atoms with Crippen molar-refractivity contribution in [3.05, 3.63) is 59.4 Å². The lowest BCUT2D eigenvalue weighted by atomic mass is 9.94. The smallest absolute Gasteiger partial charge is 0.230 e. The maximum absolute atomic E-state index is 12.4. The van der Waals surface area contributed by atoms with Crippen LogP contribution < -0.4 is 10.6 Å². The van der Waals surface area contributed by atoms with Gasteiger partial charge < -0.3 is 20.2 Å². The molecule has 0 aliphatic rings. The van der Waals surface area contributed by atoms with Crippen LogP contribution in [0.1, 0.15) is 57.4 Å². The van der Waals surface area contributed by atoms with Crippen molar-refractivity contribution in [2.45, 2.75) is 68.5 Å². The van der Waals surface area contributed by atoms with Crippen molar-refractivity contribution in [2.75, 3.05) is 11.9 Å². The highest BCUT2D eigenvalue weighted by molar-refractivity contribution is 8.00. The highest BCUT2D eigenvalue weighted by atomic mass is 35.5. The molecule has 0 unspecified atom stereocenters. The molecule has 1 amide bonds. The van der Waals surface area contributed by atoms with Gasteiger partial charge in [0.05, 0.1) is 35.4 Å². The van der Waals surface area contributed by atoms with Gasteiger partial charge >= 0.3 is 0 Å². The van der Waals surface area contributed by atoms with Crippen LogP contribution >= 0.6 is 35.5 Å². The molecule has 0 atom stereocenters. The molecule has 0 spiro atoms. The molecule has 2 aromatic heterocycles. The predicted octanol–water partition coefficient (Wildman–Crippen LogP) is 5.18. The zero-order valence-corrected chi connectivity index (χ0v) is 22.6. The first-order valence-electron chi connectivity index (χ1n) is 10.8. The van der Waals surface area contributed by atoms with Crippen LogP contribution in [0.4, 0.5) is 5.13 Å². The maximum atomic E-state index is 12.4. The van der Waals surface area contributed by atoms with E-state index in [0.717, 1.165) is 21.1 Å². The van der Waals surface area contributed by atoms with E-state index < -0.39 is 0 Å². The van der Waals surface area contributed by atoms with Gasteiger partial charge in [0, 0.05) is 17.5 Å². The molecule has 0 saturated heterocycles. The van der Waals surface area contributed by atoms with Crippen LogP contribution in [0.2, 0.25) is 0 Å². The van der Waals surface area contributed by atoms with E-state index in [1.54, 1.807) is 24.2 Å². The van der Waals surface area contributed by atoms with Crippen molar-refractivity contribution >= 4 is 46.5 Å². The van der Waals surface area contributed by atoms with Gasteiger partial charge in [-0.2, -0.15) is 0 Å². The summed E-state index contributed by atoms with van der Waals surface area (Å²) in [5, 5.41) is 16.1. The Bertz CT molecular complexity index is 1060. The predicted molar refractivity (Wildman–Crippen MR) is 141 cm³/mol. The normalized spacial score (nSPS) is 11.8. The number of amides is 1. The van der Waals surface area contributed by atoms with Crippen LogP contribution in [0.3, 0.4) is 0 Å². The molecule has 10 heteroatoms. The van der Waals surface area contributed by atoms with Crippen LogP contribution in [-0.2, 0) is 28.9 Å². The molecule has 34 heavy (non-hydrogen) atoms. The van der Waals surface area contributed by atoms with Gasteiger partial charge in [0.1, 0.15) is 5.76 Å². The molecule has 0 saturated carbocycles. The van der Waals surface area contributed by atoms with E-state index in [1.807, 2.05) is 38.1 Å². The molecule has 0 aliphatic carbocycles. The van der Waals surface area contributed by atoms with E-state index in [0.29, 0.717) is 23.3 Å². The fourth-order valence-electron chi connectivity index (χ4n) is 2.76. The van der Waals surface area contributed by atoms with E-state index in [4.69, 9.17) is 4.42 Å². The summed E-state index contributed by atoms with van der Waals surface area (Å²) in [4.78, 5) is 21.1. The van der Waals surface area contributed by atoms with E-state index in [2.05, 4.69) is 41.4 Å². The summed E-state index contributed by atoms with van der Waals surface area (Å²) in [6.07, 6.45) is 3.82. The first kappa shape index (κ1) is 28.3. The second-order valence-corrected chi connectivity index (χ2v) is 11.9. The quantitative estimate of drug-likeness (QED) is 0.314. The number of aliphatic hydroxyl groups excluding tert-OH is 1. The van der Waals surface area contributed by atoms with Gasteiger partial charge in [0.15, 0.2) is 5.13 Å². The average Bonchev–Trinajstić information content (AvgIpc) is 3.41. The van der Waals surface area contributed by atoms with E-state index in [1.165, 1.54) is 11.3 Å². The Morgan fingerprint density at radius 3 is 2.38 bits per heavy atom. The highest BCUT2D eigenvalue weighted by Gasteiger charge is 2.19. The lowest BCUT2D eigenvalue weighted by Crippen LogP contribution is -2.42. The number of halogens is 1. The Kier molecular flexibility index (Phi) is 10.1. The number of hydrogen-bond acceptors (Lipinski definition) is 8. The number of nitrogens with zero attached hydrogens (tertiary/aromatic N) is 2. The SMILES string of the molecule is CC(C)(CO)NCc1ccc(CC(=O)Nc2ncc(SCc3ncc(C(C)(C)C)o3)s2)cc1.Cl. The number of aromatic nitrogens is 2.